The smallest absolute Gasteiger partial charge is 0.0969 e. The number of piperidine rings is 1. The van der Waals surface area contributed by atoms with Crippen LogP contribution in [0.3, 0.4) is 0 Å². The summed E-state index contributed by atoms with van der Waals surface area (Å²) in [6.45, 7) is 3.22. The van der Waals surface area contributed by atoms with Gasteiger partial charge in [-0.2, -0.15) is 0 Å². The summed E-state index contributed by atoms with van der Waals surface area (Å²) in [6, 6.07) is 8.10. The Balaban J connectivity index is 1.64. The van der Waals surface area contributed by atoms with E-state index >= 15 is 0 Å². The molecule has 2 aliphatic heterocycles. The summed E-state index contributed by atoms with van der Waals surface area (Å²) >= 11 is 5.96. The Morgan fingerprint density at radius 2 is 2.33 bits per heavy atom. The summed E-state index contributed by atoms with van der Waals surface area (Å²) in [5.74, 6) is 0. The van der Waals surface area contributed by atoms with Crippen LogP contribution in [0.1, 0.15) is 12.0 Å². The molecule has 15 heavy (non-hydrogen) atoms. The number of nitrogens with zero attached hydrogens (tertiary/aromatic N) is 1. The molecule has 0 unspecified atom stereocenters. The Morgan fingerprint density at radius 3 is 3.13 bits per heavy atom. The van der Waals surface area contributed by atoms with Crippen LogP contribution in [0.4, 0.5) is 0 Å². The van der Waals surface area contributed by atoms with E-state index in [1.165, 1.54) is 12.0 Å². The average molecular weight is 224 g/mol. The number of hydrogen-bond acceptors (Lipinski definition) is 2. The molecule has 2 saturated heterocycles. The van der Waals surface area contributed by atoms with E-state index in [9.17, 15) is 0 Å². The Morgan fingerprint density at radius 1 is 1.40 bits per heavy atom. The predicted octanol–water partition coefficient (Wildman–Crippen LogP) is 2.31. The standard InChI is InChI=1S/C12H14ClNO/c13-10-3-1-2-9(6-10)7-14-5-4-11-12(8-14)15-11/h1-3,6,11-12H,4-5,7-8H2/t11-,12-/m1/s1. The van der Waals surface area contributed by atoms with E-state index in [-0.39, 0.29) is 0 Å². The second-order valence-electron chi connectivity index (χ2n) is 4.37. The number of ether oxygens (including phenoxy) is 1. The largest absolute Gasteiger partial charge is 0.368 e. The zero-order valence-electron chi connectivity index (χ0n) is 8.53. The molecule has 0 aromatic heterocycles. The third-order valence-electron chi connectivity index (χ3n) is 3.15. The lowest BCUT2D eigenvalue weighted by Gasteiger charge is -2.24. The maximum atomic E-state index is 5.96. The van der Waals surface area contributed by atoms with Crippen LogP contribution in [-0.2, 0) is 11.3 Å². The first kappa shape index (κ1) is 9.64. The highest BCUT2D eigenvalue weighted by molar-refractivity contribution is 6.30. The van der Waals surface area contributed by atoms with Crippen molar-refractivity contribution in [3.05, 3.63) is 34.9 Å². The van der Waals surface area contributed by atoms with E-state index in [1.807, 2.05) is 18.2 Å². The molecule has 0 saturated carbocycles. The molecule has 1 aromatic rings. The quantitative estimate of drug-likeness (QED) is 0.716. The summed E-state index contributed by atoms with van der Waals surface area (Å²) in [4.78, 5) is 2.44. The SMILES string of the molecule is Clc1cccc(CN2CC[C@H]3O[C@@H]3C2)c1. The zero-order chi connectivity index (χ0) is 10.3. The maximum Gasteiger partial charge on any atom is 0.0969 e. The monoisotopic (exact) mass is 223 g/mol. The summed E-state index contributed by atoms with van der Waals surface area (Å²) in [5.41, 5.74) is 1.29. The molecular formula is C12H14ClNO. The number of benzene rings is 1. The van der Waals surface area contributed by atoms with Crippen LogP contribution in [0.25, 0.3) is 0 Å². The van der Waals surface area contributed by atoms with Crippen LogP contribution >= 0.6 is 11.6 Å². The lowest BCUT2D eigenvalue weighted by atomic mass is 10.1. The van der Waals surface area contributed by atoms with Crippen LogP contribution < -0.4 is 0 Å². The second-order valence-corrected chi connectivity index (χ2v) is 4.80. The van der Waals surface area contributed by atoms with Gasteiger partial charge in [-0.25, -0.2) is 0 Å². The van der Waals surface area contributed by atoms with Gasteiger partial charge in [0.25, 0.3) is 0 Å². The number of likely N-dealkylation sites (tertiary alicyclic amines) is 1. The Hall–Kier alpha value is -0.570. The van der Waals surface area contributed by atoms with Gasteiger partial charge in [0.05, 0.1) is 12.2 Å². The van der Waals surface area contributed by atoms with Gasteiger partial charge in [0, 0.05) is 24.7 Å². The minimum Gasteiger partial charge on any atom is -0.368 e. The molecular weight excluding hydrogens is 210 g/mol. The summed E-state index contributed by atoms with van der Waals surface area (Å²) in [5, 5.41) is 0.824. The van der Waals surface area contributed by atoms with Crippen molar-refractivity contribution in [1.82, 2.24) is 4.90 Å². The van der Waals surface area contributed by atoms with Gasteiger partial charge in [0.1, 0.15) is 0 Å². The summed E-state index contributed by atoms with van der Waals surface area (Å²) in [6.07, 6.45) is 2.27. The molecule has 2 heterocycles. The van der Waals surface area contributed by atoms with E-state index in [0.717, 1.165) is 24.7 Å². The fourth-order valence-electron chi connectivity index (χ4n) is 2.29. The Kier molecular flexibility index (Phi) is 2.43. The van der Waals surface area contributed by atoms with Gasteiger partial charge in [-0.1, -0.05) is 23.7 Å². The number of hydrogen-bond donors (Lipinski definition) is 0. The molecule has 0 N–H and O–H groups in total. The van der Waals surface area contributed by atoms with Crippen LogP contribution in [-0.4, -0.2) is 30.2 Å². The first-order valence-corrected chi connectivity index (χ1v) is 5.81. The molecule has 0 radical (unpaired) electrons. The zero-order valence-corrected chi connectivity index (χ0v) is 9.28. The number of halogens is 1. The third kappa shape index (κ3) is 2.17. The Labute approximate surface area is 94.8 Å². The molecule has 3 rings (SSSR count). The van der Waals surface area contributed by atoms with Gasteiger partial charge in [-0.3, -0.25) is 4.90 Å². The lowest BCUT2D eigenvalue weighted by Crippen LogP contribution is -2.33. The highest BCUT2D eigenvalue weighted by atomic mass is 35.5. The second kappa shape index (κ2) is 3.78. The topological polar surface area (TPSA) is 15.8 Å². The van der Waals surface area contributed by atoms with Crippen molar-refractivity contribution in [2.75, 3.05) is 13.1 Å². The van der Waals surface area contributed by atoms with E-state index in [2.05, 4.69) is 11.0 Å². The van der Waals surface area contributed by atoms with Crippen molar-refractivity contribution in [2.24, 2.45) is 0 Å². The van der Waals surface area contributed by atoms with Crippen molar-refractivity contribution >= 4 is 11.6 Å². The third-order valence-corrected chi connectivity index (χ3v) is 3.39. The minimum atomic E-state index is 0.512. The fourth-order valence-corrected chi connectivity index (χ4v) is 2.50. The average Bonchev–Trinajstić information content (AvgIpc) is 2.96. The van der Waals surface area contributed by atoms with Crippen molar-refractivity contribution in [1.29, 1.82) is 0 Å². The highest BCUT2D eigenvalue weighted by Crippen LogP contribution is 2.31. The molecule has 2 atom stereocenters. The van der Waals surface area contributed by atoms with Crippen molar-refractivity contribution in [3.63, 3.8) is 0 Å². The predicted molar refractivity (Wildman–Crippen MR) is 60.0 cm³/mol. The van der Waals surface area contributed by atoms with Gasteiger partial charge >= 0.3 is 0 Å². The fraction of sp³-hybridized carbons (Fsp3) is 0.500. The van der Waals surface area contributed by atoms with Crippen LogP contribution in [0, 0.1) is 0 Å². The van der Waals surface area contributed by atoms with E-state index in [4.69, 9.17) is 16.3 Å². The maximum absolute atomic E-state index is 5.96. The molecule has 0 spiro atoms. The number of epoxide rings is 1. The molecule has 0 aliphatic carbocycles. The van der Waals surface area contributed by atoms with Gasteiger partial charge < -0.3 is 4.74 Å². The lowest BCUT2D eigenvalue weighted by molar-refractivity contribution is 0.237. The highest BCUT2D eigenvalue weighted by Gasteiger charge is 2.42. The Bertz CT molecular complexity index is 368. The first-order valence-electron chi connectivity index (χ1n) is 5.43. The molecule has 0 amide bonds. The minimum absolute atomic E-state index is 0.512. The van der Waals surface area contributed by atoms with Crippen molar-refractivity contribution < 1.29 is 4.74 Å². The van der Waals surface area contributed by atoms with Crippen LogP contribution in [0.15, 0.2) is 24.3 Å². The van der Waals surface area contributed by atoms with E-state index < -0.39 is 0 Å². The van der Waals surface area contributed by atoms with E-state index in [0.29, 0.717) is 12.2 Å². The van der Waals surface area contributed by atoms with Crippen molar-refractivity contribution in [3.8, 4) is 0 Å². The van der Waals surface area contributed by atoms with Gasteiger partial charge in [-0.15, -0.1) is 0 Å². The molecule has 80 valence electrons. The molecule has 2 fully saturated rings. The number of fused-ring (bicyclic) bond motifs is 1. The molecule has 0 bridgehead atoms. The first-order chi connectivity index (χ1) is 7.31. The number of rotatable bonds is 2. The van der Waals surface area contributed by atoms with Gasteiger partial charge in [0.2, 0.25) is 0 Å². The summed E-state index contributed by atoms with van der Waals surface area (Å²) < 4.78 is 5.50. The summed E-state index contributed by atoms with van der Waals surface area (Å²) in [7, 11) is 0. The normalized spacial score (nSPS) is 29.9. The molecule has 3 heteroatoms. The van der Waals surface area contributed by atoms with Gasteiger partial charge in [-0.05, 0) is 24.1 Å². The van der Waals surface area contributed by atoms with Gasteiger partial charge in [0.15, 0.2) is 0 Å². The molecule has 2 aliphatic rings. The van der Waals surface area contributed by atoms with E-state index in [1.54, 1.807) is 0 Å². The van der Waals surface area contributed by atoms with Crippen LogP contribution in [0.2, 0.25) is 5.02 Å². The van der Waals surface area contributed by atoms with Crippen molar-refractivity contribution in [2.45, 2.75) is 25.2 Å². The molecule has 2 nitrogen and oxygen atoms in total. The van der Waals surface area contributed by atoms with Crippen LogP contribution in [0.5, 0.6) is 0 Å². The molecule has 1 aromatic carbocycles.